The molecule has 0 saturated carbocycles. The molecule has 1 N–H and O–H groups in total. The van der Waals surface area contributed by atoms with Crippen LogP contribution in [0.15, 0.2) is 43.0 Å². The fourth-order valence-corrected chi connectivity index (χ4v) is 4.05. The van der Waals surface area contributed by atoms with Crippen LogP contribution < -0.4 is 10.1 Å². The molecule has 1 aromatic rings. The van der Waals surface area contributed by atoms with Crippen molar-refractivity contribution in [3.05, 3.63) is 43.0 Å². The second kappa shape index (κ2) is 22.4. The van der Waals surface area contributed by atoms with Crippen LogP contribution in [-0.2, 0) is 4.79 Å². The quantitative estimate of drug-likeness (QED) is 0.136. The van der Waals surface area contributed by atoms with E-state index in [0.29, 0.717) is 0 Å². The molecule has 1 aromatic carbocycles. The van der Waals surface area contributed by atoms with Gasteiger partial charge in [0.1, 0.15) is 5.75 Å². The Morgan fingerprint density at radius 1 is 0.656 bits per heavy atom. The molecule has 3 nitrogen and oxygen atoms in total. The first-order valence-corrected chi connectivity index (χ1v) is 13.4. The number of carbonyl (C=O) groups excluding carboxylic acids is 1. The van der Waals surface area contributed by atoms with Crippen LogP contribution in [0.5, 0.6) is 5.75 Å². The van der Waals surface area contributed by atoms with Gasteiger partial charge in [-0.1, -0.05) is 128 Å². The van der Waals surface area contributed by atoms with Crippen molar-refractivity contribution in [2.45, 2.75) is 116 Å². The number of carbonyl (C=O) groups is 1. The highest BCUT2D eigenvalue weighted by Crippen LogP contribution is 2.15. The Labute approximate surface area is 198 Å². The summed E-state index contributed by atoms with van der Waals surface area (Å²) in [6.45, 7) is 5.09. The average molecular weight is 444 g/mol. The topological polar surface area (TPSA) is 38.3 Å². The molecule has 0 atom stereocenters. The van der Waals surface area contributed by atoms with Crippen LogP contribution >= 0.6 is 0 Å². The second-order valence-corrected chi connectivity index (χ2v) is 9.02. The molecule has 1 rings (SSSR count). The summed E-state index contributed by atoms with van der Waals surface area (Å²) in [5.41, 5.74) is 0. The van der Waals surface area contributed by atoms with Gasteiger partial charge in [-0.2, -0.15) is 0 Å². The summed E-state index contributed by atoms with van der Waals surface area (Å²) in [4.78, 5) is 11.0. The van der Waals surface area contributed by atoms with Gasteiger partial charge in [-0.3, -0.25) is 4.79 Å². The number of benzene rings is 1. The lowest BCUT2D eigenvalue weighted by Crippen LogP contribution is -2.21. The third-order valence-corrected chi connectivity index (χ3v) is 6.07. The van der Waals surface area contributed by atoms with Crippen LogP contribution in [-0.4, -0.2) is 19.1 Å². The van der Waals surface area contributed by atoms with Gasteiger partial charge in [0.15, 0.2) is 0 Å². The number of hydrogen-bond donors (Lipinski definition) is 1. The number of hydrogen-bond acceptors (Lipinski definition) is 2. The highest BCUT2D eigenvalue weighted by atomic mass is 16.5. The van der Waals surface area contributed by atoms with Gasteiger partial charge in [0.2, 0.25) is 5.91 Å². The number of ether oxygens (including phenoxy) is 1. The molecule has 0 spiro atoms. The normalized spacial score (nSPS) is 10.8. The number of rotatable bonds is 23. The SMILES string of the molecule is C=CC(=O)NCCCCCCCCCCCCCCCCCCCCOc1ccccc1. The van der Waals surface area contributed by atoms with Crippen molar-refractivity contribution in [2.75, 3.05) is 13.2 Å². The van der Waals surface area contributed by atoms with Crippen LogP contribution in [0.3, 0.4) is 0 Å². The first-order valence-electron chi connectivity index (χ1n) is 13.4. The fourth-order valence-electron chi connectivity index (χ4n) is 4.05. The van der Waals surface area contributed by atoms with Crippen LogP contribution in [0.4, 0.5) is 0 Å². The van der Waals surface area contributed by atoms with E-state index >= 15 is 0 Å². The van der Waals surface area contributed by atoms with Crippen LogP contribution in [0.1, 0.15) is 116 Å². The summed E-state index contributed by atoms with van der Waals surface area (Å²) in [6, 6.07) is 10.1. The Morgan fingerprint density at radius 2 is 1.06 bits per heavy atom. The van der Waals surface area contributed by atoms with E-state index in [9.17, 15) is 4.79 Å². The summed E-state index contributed by atoms with van der Waals surface area (Å²) in [5, 5.41) is 2.83. The maximum Gasteiger partial charge on any atom is 0.243 e. The minimum absolute atomic E-state index is 0.0540. The van der Waals surface area contributed by atoms with Crippen molar-refractivity contribution >= 4 is 5.91 Å². The van der Waals surface area contributed by atoms with Crippen molar-refractivity contribution < 1.29 is 9.53 Å². The van der Waals surface area contributed by atoms with Crippen molar-refractivity contribution in [1.29, 1.82) is 0 Å². The summed E-state index contributed by atoms with van der Waals surface area (Å²) in [5.74, 6) is 0.939. The standard InChI is InChI=1S/C29H49NO2/c1-2-29(31)30-26-22-17-15-13-11-9-7-5-3-4-6-8-10-12-14-16-18-23-27-32-28-24-20-19-21-25-28/h2,19-21,24-25H,1,3-18,22-23,26-27H2,(H,30,31). The zero-order valence-electron chi connectivity index (χ0n) is 20.6. The van der Waals surface area contributed by atoms with E-state index in [1.165, 1.54) is 115 Å². The molecule has 0 aliphatic heterocycles. The largest absolute Gasteiger partial charge is 0.494 e. The molecule has 0 aromatic heterocycles. The van der Waals surface area contributed by atoms with E-state index in [-0.39, 0.29) is 5.91 Å². The molecule has 0 saturated heterocycles. The molecule has 32 heavy (non-hydrogen) atoms. The molecule has 0 bridgehead atoms. The maximum atomic E-state index is 11.0. The van der Waals surface area contributed by atoms with Gasteiger partial charge in [0, 0.05) is 6.54 Å². The van der Waals surface area contributed by atoms with Gasteiger partial charge in [0.05, 0.1) is 6.61 Å². The minimum Gasteiger partial charge on any atom is -0.494 e. The molecule has 0 fully saturated rings. The van der Waals surface area contributed by atoms with Crippen molar-refractivity contribution in [2.24, 2.45) is 0 Å². The van der Waals surface area contributed by atoms with E-state index in [0.717, 1.165) is 25.3 Å². The predicted molar refractivity (Wildman–Crippen MR) is 138 cm³/mol. The lowest BCUT2D eigenvalue weighted by atomic mass is 10.0. The smallest absolute Gasteiger partial charge is 0.243 e. The number of para-hydroxylation sites is 1. The Bertz CT molecular complexity index is 543. The summed E-state index contributed by atoms with van der Waals surface area (Å²) in [6.07, 6.45) is 25.6. The van der Waals surface area contributed by atoms with E-state index < -0.39 is 0 Å². The van der Waals surface area contributed by atoms with Gasteiger partial charge >= 0.3 is 0 Å². The molecule has 182 valence electrons. The predicted octanol–water partition coefficient (Wildman–Crippen LogP) is 8.39. The fraction of sp³-hybridized carbons (Fsp3) is 0.690. The molecule has 0 aliphatic rings. The first-order chi connectivity index (χ1) is 15.8. The van der Waals surface area contributed by atoms with Gasteiger partial charge in [-0.05, 0) is 31.1 Å². The highest BCUT2D eigenvalue weighted by molar-refractivity contribution is 5.86. The van der Waals surface area contributed by atoms with Gasteiger partial charge in [-0.15, -0.1) is 0 Å². The Morgan fingerprint density at radius 3 is 1.50 bits per heavy atom. The number of unbranched alkanes of at least 4 members (excludes halogenated alkanes) is 17. The van der Waals surface area contributed by atoms with Crippen LogP contribution in [0.2, 0.25) is 0 Å². The minimum atomic E-state index is -0.0540. The summed E-state index contributed by atoms with van der Waals surface area (Å²) >= 11 is 0. The average Bonchev–Trinajstić information content (AvgIpc) is 2.82. The summed E-state index contributed by atoms with van der Waals surface area (Å²) < 4.78 is 5.74. The van der Waals surface area contributed by atoms with E-state index in [4.69, 9.17) is 4.74 Å². The van der Waals surface area contributed by atoms with Gasteiger partial charge < -0.3 is 10.1 Å². The molecule has 0 radical (unpaired) electrons. The molecule has 0 heterocycles. The molecule has 0 aliphatic carbocycles. The Balaban J connectivity index is 1.67. The number of nitrogens with one attached hydrogen (secondary N) is 1. The highest BCUT2D eigenvalue weighted by Gasteiger charge is 1.97. The Kier molecular flexibility index (Phi) is 19.8. The van der Waals surface area contributed by atoms with Gasteiger partial charge in [-0.25, -0.2) is 0 Å². The molecular formula is C29H49NO2. The zero-order chi connectivity index (χ0) is 23.0. The molecule has 1 amide bonds. The monoisotopic (exact) mass is 443 g/mol. The van der Waals surface area contributed by atoms with E-state index in [2.05, 4.69) is 11.9 Å². The van der Waals surface area contributed by atoms with Crippen LogP contribution in [0, 0.1) is 0 Å². The summed E-state index contributed by atoms with van der Waals surface area (Å²) in [7, 11) is 0. The van der Waals surface area contributed by atoms with E-state index in [1.807, 2.05) is 30.3 Å². The van der Waals surface area contributed by atoms with Gasteiger partial charge in [0.25, 0.3) is 0 Å². The van der Waals surface area contributed by atoms with Crippen molar-refractivity contribution in [3.8, 4) is 5.75 Å². The lowest BCUT2D eigenvalue weighted by Gasteiger charge is -2.06. The van der Waals surface area contributed by atoms with Crippen molar-refractivity contribution in [1.82, 2.24) is 5.32 Å². The third kappa shape index (κ3) is 19.0. The zero-order valence-corrected chi connectivity index (χ0v) is 20.6. The maximum absolute atomic E-state index is 11.0. The second-order valence-electron chi connectivity index (χ2n) is 9.02. The molecular weight excluding hydrogens is 394 g/mol. The van der Waals surface area contributed by atoms with E-state index in [1.54, 1.807) is 0 Å². The third-order valence-electron chi connectivity index (χ3n) is 6.07. The Hall–Kier alpha value is -1.77. The molecule has 3 heteroatoms. The number of amides is 1. The van der Waals surface area contributed by atoms with Crippen molar-refractivity contribution in [3.63, 3.8) is 0 Å². The lowest BCUT2D eigenvalue weighted by molar-refractivity contribution is -0.116. The first kappa shape index (κ1) is 28.3. The van der Waals surface area contributed by atoms with Crippen LogP contribution in [0.25, 0.3) is 0 Å². The molecule has 0 unspecified atom stereocenters.